The quantitative estimate of drug-likeness (QED) is 0.832. The zero-order valence-electron chi connectivity index (χ0n) is 16.8. The van der Waals surface area contributed by atoms with E-state index < -0.39 is 6.03 Å². The number of aromatic nitrogens is 1. The molecule has 0 bridgehead atoms. The largest absolute Gasteiger partial charge is 0.351 e. The van der Waals surface area contributed by atoms with Crippen LogP contribution in [0.2, 0.25) is 0 Å². The van der Waals surface area contributed by atoms with Gasteiger partial charge in [-0.25, -0.2) is 4.79 Å². The fourth-order valence-electron chi connectivity index (χ4n) is 3.67. The predicted octanol–water partition coefficient (Wildman–Crippen LogP) is 3.03. The lowest BCUT2D eigenvalue weighted by Crippen LogP contribution is -2.39. The van der Waals surface area contributed by atoms with Gasteiger partial charge in [-0.1, -0.05) is 17.7 Å². The van der Waals surface area contributed by atoms with Crippen LogP contribution in [0.15, 0.2) is 36.4 Å². The third-order valence-electron chi connectivity index (χ3n) is 5.29. The lowest BCUT2D eigenvalue weighted by atomic mass is 10.2. The van der Waals surface area contributed by atoms with Crippen molar-refractivity contribution in [3.05, 3.63) is 58.9 Å². The van der Waals surface area contributed by atoms with Crippen LogP contribution in [-0.2, 0) is 4.79 Å². The Labute approximate surface area is 166 Å². The predicted molar refractivity (Wildman–Crippen MR) is 111 cm³/mol. The van der Waals surface area contributed by atoms with Crippen molar-refractivity contribution in [2.45, 2.75) is 27.2 Å². The van der Waals surface area contributed by atoms with Crippen LogP contribution in [0.4, 0.5) is 4.79 Å². The van der Waals surface area contributed by atoms with Gasteiger partial charge in [0.05, 0.1) is 0 Å². The van der Waals surface area contributed by atoms with E-state index in [2.05, 4.69) is 55.7 Å². The minimum Gasteiger partial charge on any atom is -0.351 e. The van der Waals surface area contributed by atoms with Crippen molar-refractivity contribution in [2.75, 3.05) is 26.2 Å². The Balaban J connectivity index is 1.74. The van der Waals surface area contributed by atoms with Crippen molar-refractivity contribution < 1.29 is 9.59 Å². The fourth-order valence-corrected chi connectivity index (χ4v) is 3.67. The van der Waals surface area contributed by atoms with E-state index in [1.54, 1.807) is 15.9 Å². The number of primary amides is 1. The number of rotatable bonds is 3. The topological polar surface area (TPSA) is 71.6 Å². The van der Waals surface area contributed by atoms with E-state index >= 15 is 0 Å². The second-order valence-corrected chi connectivity index (χ2v) is 7.33. The number of hydrogen-bond acceptors (Lipinski definition) is 2. The number of carbonyl (C=O) groups excluding carboxylic acids is 2. The number of hydrogen-bond donors (Lipinski definition) is 1. The van der Waals surface area contributed by atoms with Gasteiger partial charge >= 0.3 is 6.03 Å². The summed E-state index contributed by atoms with van der Waals surface area (Å²) in [6.45, 7) is 8.43. The SMILES string of the molecule is Cc1ccc(-n2c(C)cc(/C=C/C(=O)N3CCCN(C(N)=O)CC3)c2C)cc1. The molecule has 0 saturated carbocycles. The van der Waals surface area contributed by atoms with E-state index in [1.807, 2.05) is 6.08 Å². The second-order valence-electron chi connectivity index (χ2n) is 7.33. The second kappa shape index (κ2) is 8.33. The molecule has 6 heteroatoms. The average molecular weight is 380 g/mol. The molecule has 0 radical (unpaired) electrons. The molecule has 1 fully saturated rings. The zero-order valence-corrected chi connectivity index (χ0v) is 16.8. The van der Waals surface area contributed by atoms with Crippen LogP contribution in [0.1, 0.15) is 28.9 Å². The third kappa shape index (κ3) is 4.27. The van der Waals surface area contributed by atoms with E-state index in [0.29, 0.717) is 26.2 Å². The molecule has 6 nitrogen and oxygen atoms in total. The molecule has 0 atom stereocenters. The first kappa shape index (κ1) is 19.7. The van der Waals surface area contributed by atoms with Crippen LogP contribution in [-0.4, -0.2) is 52.5 Å². The maximum Gasteiger partial charge on any atom is 0.314 e. The van der Waals surface area contributed by atoms with Gasteiger partial charge < -0.3 is 20.1 Å². The molecule has 1 aliphatic rings. The highest BCUT2D eigenvalue weighted by Crippen LogP contribution is 2.22. The molecule has 0 spiro atoms. The minimum atomic E-state index is -0.423. The maximum atomic E-state index is 12.6. The normalized spacial score (nSPS) is 15.1. The van der Waals surface area contributed by atoms with Crippen LogP contribution in [0, 0.1) is 20.8 Å². The molecule has 2 N–H and O–H groups in total. The van der Waals surface area contributed by atoms with E-state index in [0.717, 1.165) is 29.1 Å². The molecule has 3 rings (SSSR count). The standard InChI is InChI=1S/C22H28N4O2/c1-16-5-8-20(9-6-16)26-17(2)15-19(18(26)3)7-10-21(27)24-11-4-12-25(14-13-24)22(23)28/h5-10,15H,4,11-14H2,1-3H3,(H2,23,28)/b10-7+. The van der Waals surface area contributed by atoms with Gasteiger partial charge in [-0.15, -0.1) is 0 Å². The van der Waals surface area contributed by atoms with Gasteiger partial charge in [-0.05, 0) is 57.0 Å². The van der Waals surface area contributed by atoms with E-state index in [9.17, 15) is 9.59 Å². The first-order chi connectivity index (χ1) is 13.4. The first-order valence-corrected chi connectivity index (χ1v) is 9.64. The highest BCUT2D eigenvalue weighted by molar-refractivity contribution is 5.92. The Kier molecular flexibility index (Phi) is 5.87. The van der Waals surface area contributed by atoms with Crippen molar-refractivity contribution >= 4 is 18.0 Å². The Morgan fingerprint density at radius 3 is 2.29 bits per heavy atom. The van der Waals surface area contributed by atoms with Crippen LogP contribution in [0.3, 0.4) is 0 Å². The van der Waals surface area contributed by atoms with Crippen LogP contribution < -0.4 is 5.73 Å². The minimum absolute atomic E-state index is 0.0357. The summed E-state index contributed by atoms with van der Waals surface area (Å²) in [6, 6.07) is 10.1. The molecule has 1 aromatic carbocycles. The lowest BCUT2D eigenvalue weighted by molar-refractivity contribution is -0.125. The maximum absolute atomic E-state index is 12.6. The Bertz CT molecular complexity index is 896. The van der Waals surface area contributed by atoms with E-state index in [4.69, 9.17) is 5.73 Å². The van der Waals surface area contributed by atoms with Crippen LogP contribution in [0.25, 0.3) is 11.8 Å². The summed E-state index contributed by atoms with van der Waals surface area (Å²) in [5, 5.41) is 0. The molecule has 0 aliphatic carbocycles. The number of aryl methyl sites for hydroxylation is 2. The molecule has 0 unspecified atom stereocenters. The van der Waals surface area contributed by atoms with Crippen molar-refractivity contribution in [3.63, 3.8) is 0 Å². The summed E-state index contributed by atoms with van der Waals surface area (Å²) in [7, 11) is 0. The van der Waals surface area contributed by atoms with Crippen LogP contribution in [0.5, 0.6) is 0 Å². The summed E-state index contributed by atoms with van der Waals surface area (Å²) < 4.78 is 2.19. The molecular weight excluding hydrogens is 352 g/mol. The van der Waals surface area contributed by atoms with Gasteiger partial charge in [0.15, 0.2) is 0 Å². The van der Waals surface area contributed by atoms with Crippen molar-refractivity contribution in [1.82, 2.24) is 14.4 Å². The molecule has 3 amide bonds. The molecule has 1 aliphatic heterocycles. The summed E-state index contributed by atoms with van der Waals surface area (Å²) in [4.78, 5) is 27.3. The highest BCUT2D eigenvalue weighted by atomic mass is 16.2. The Morgan fingerprint density at radius 1 is 0.964 bits per heavy atom. The monoisotopic (exact) mass is 380 g/mol. The van der Waals surface area contributed by atoms with Crippen molar-refractivity contribution in [2.24, 2.45) is 5.73 Å². The van der Waals surface area contributed by atoms with Gasteiger partial charge in [-0.3, -0.25) is 4.79 Å². The zero-order chi connectivity index (χ0) is 20.3. The van der Waals surface area contributed by atoms with Crippen molar-refractivity contribution in [3.8, 4) is 5.69 Å². The third-order valence-corrected chi connectivity index (χ3v) is 5.29. The summed E-state index contributed by atoms with van der Waals surface area (Å²) in [5.74, 6) is -0.0357. The fraction of sp³-hybridized carbons (Fsp3) is 0.364. The first-order valence-electron chi connectivity index (χ1n) is 9.64. The number of carbonyl (C=O) groups is 2. The highest BCUT2D eigenvalue weighted by Gasteiger charge is 2.19. The van der Waals surface area contributed by atoms with Gasteiger partial charge in [0.1, 0.15) is 0 Å². The molecule has 2 heterocycles. The average Bonchev–Trinajstić information content (AvgIpc) is 2.84. The molecule has 28 heavy (non-hydrogen) atoms. The van der Waals surface area contributed by atoms with Gasteiger partial charge in [0.25, 0.3) is 0 Å². The molecular formula is C22H28N4O2. The van der Waals surface area contributed by atoms with E-state index in [1.165, 1.54) is 5.56 Å². The number of amides is 3. The smallest absolute Gasteiger partial charge is 0.314 e. The number of nitrogens with two attached hydrogens (primary N) is 1. The molecule has 148 valence electrons. The van der Waals surface area contributed by atoms with Gasteiger partial charge in [-0.2, -0.15) is 0 Å². The van der Waals surface area contributed by atoms with Gasteiger partial charge in [0, 0.05) is 49.3 Å². The molecule has 1 aromatic heterocycles. The van der Waals surface area contributed by atoms with Crippen molar-refractivity contribution in [1.29, 1.82) is 0 Å². The number of urea groups is 1. The van der Waals surface area contributed by atoms with Gasteiger partial charge in [0.2, 0.25) is 5.91 Å². The summed E-state index contributed by atoms with van der Waals surface area (Å²) in [5.41, 5.74) is 10.9. The molecule has 1 saturated heterocycles. The Morgan fingerprint density at radius 2 is 1.61 bits per heavy atom. The van der Waals surface area contributed by atoms with E-state index in [-0.39, 0.29) is 5.91 Å². The molecule has 2 aromatic rings. The number of benzene rings is 1. The summed E-state index contributed by atoms with van der Waals surface area (Å²) >= 11 is 0. The van der Waals surface area contributed by atoms with Crippen LogP contribution >= 0.6 is 0 Å². The summed E-state index contributed by atoms with van der Waals surface area (Å²) in [6.07, 6.45) is 4.25. The Hall–Kier alpha value is -3.02. The lowest BCUT2D eigenvalue weighted by Gasteiger charge is -2.19. The number of nitrogens with zero attached hydrogens (tertiary/aromatic N) is 3.